The highest BCUT2D eigenvalue weighted by Crippen LogP contribution is 2.17. The molecule has 0 radical (unpaired) electrons. The summed E-state index contributed by atoms with van der Waals surface area (Å²) in [6.45, 7) is 9.42. The van der Waals surface area contributed by atoms with Crippen LogP contribution in [-0.2, 0) is 4.74 Å². The minimum absolute atomic E-state index is 0.350. The number of fused-ring (bicyclic) bond motifs is 1. The molecule has 1 fully saturated rings. The van der Waals surface area contributed by atoms with Crippen molar-refractivity contribution in [3.05, 3.63) is 24.0 Å². The van der Waals surface area contributed by atoms with E-state index in [1.54, 1.807) is 17.6 Å². The van der Waals surface area contributed by atoms with Crippen molar-refractivity contribution in [2.24, 2.45) is 0 Å². The first-order valence-corrected chi connectivity index (χ1v) is 7.71. The Morgan fingerprint density at radius 2 is 2.05 bits per heavy atom. The van der Waals surface area contributed by atoms with Crippen molar-refractivity contribution in [2.45, 2.75) is 13.8 Å². The van der Waals surface area contributed by atoms with E-state index < -0.39 is 0 Å². The molecule has 0 aliphatic carbocycles. The Labute approximate surface area is 129 Å². The third-order valence-corrected chi connectivity index (χ3v) is 3.96. The van der Waals surface area contributed by atoms with Gasteiger partial charge in [-0.1, -0.05) is 6.92 Å². The number of hydrogen-bond acceptors (Lipinski definition) is 6. The number of carbonyl (C=O) groups is 1. The maximum absolute atomic E-state index is 11.7. The first-order chi connectivity index (χ1) is 10.7. The Balaban J connectivity index is 1.79. The van der Waals surface area contributed by atoms with Gasteiger partial charge in [0.15, 0.2) is 11.5 Å². The van der Waals surface area contributed by atoms with E-state index in [0.717, 1.165) is 44.2 Å². The third kappa shape index (κ3) is 2.89. The number of carbonyl (C=O) groups excluding carboxylic acids is 1. The molecule has 1 aliphatic rings. The number of anilines is 1. The van der Waals surface area contributed by atoms with Crippen LogP contribution in [0.4, 0.5) is 5.82 Å². The molecule has 3 rings (SSSR count). The highest BCUT2D eigenvalue weighted by molar-refractivity contribution is 5.88. The van der Waals surface area contributed by atoms with E-state index in [4.69, 9.17) is 4.74 Å². The van der Waals surface area contributed by atoms with Gasteiger partial charge in [0.05, 0.1) is 12.2 Å². The van der Waals surface area contributed by atoms with E-state index >= 15 is 0 Å². The van der Waals surface area contributed by atoms with Crippen LogP contribution in [0.2, 0.25) is 0 Å². The van der Waals surface area contributed by atoms with E-state index in [-0.39, 0.29) is 5.97 Å². The van der Waals surface area contributed by atoms with Gasteiger partial charge in [-0.2, -0.15) is 0 Å². The van der Waals surface area contributed by atoms with E-state index in [2.05, 4.69) is 26.8 Å². The molecule has 0 saturated carbocycles. The number of nitrogens with zero attached hydrogens (tertiary/aromatic N) is 5. The highest BCUT2D eigenvalue weighted by Gasteiger charge is 2.19. The van der Waals surface area contributed by atoms with Gasteiger partial charge in [-0.25, -0.2) is 14.3 Å². The lowest BCUT2D eigenvalue weighted by atomic mass is 10.3. The Morgan fingerprint density at radius 1 is 1.27 bits per heavy atom. The molecule has 7 heteroatoms. The quantitative estimate of drug-likeness (QED) is 0.787. The number of piperazine rings is 1. The Kier molecular flexibility index (Phi) is 4.24. The summed E-state index contributed by atoms with van der Waals surface area (Å²) in [5.41, 5.74) is 1.15. The van der Waals surface area contributed by atoms with Crippen molar-refractivity contribution in [1.82, 2.24) is 19.5 Å². The Bertz CT molecular complexity index is 661. The van der Waals surface area contributed by atoms with Gasteiger partial charge in [0.2, 0.25) is 0 Å². The summed E-state index contributed by atoms with van der Waals surface area (Å²) in [5.74, 6) is 0.537. The second-order valence-electron chi connectivity index (χ2n) is 5.29. The lowest BCUT2D eigenvalue weighted by Crippen LogP contribution is -2.46. The largest absolute Gasteiger partial charge is 0.462 e. The van der Waals surface area contributed by atoms with E-state index in [9.17, 15) is 4.79 Å². The average molecular weight is 303 g/mol. The monoisotopic (exact) mass is 303 g/mol. The second-order valence-corrected chi connectivity index (χ2v) is 5.29. The van der Waals surface area contributed by atoms with E-state index in [1.165, 1.54) is 6.20 Å². The summed E-state index contributed by atoms with van der Waals surface area (Å²) in [6.07, 6.45) is 3.21. The minimum atomic E-state index is -0.370. The average Bonchev–Trinajstić information content (AvgIpc) is 2.98. The number of esters is 1. The predicted molar refractivity (Wildman–Crippen MR) is 83.3 cm³/mol. The van der Waals surface area contributed by atoms with Crippen molar-refractivity contribution in [3.63, 3.8) is 0 Å². The van der Waals surface area contributed by atoms with Crippen molar-refractivity contribution >= 4 is 17.4 Å². The minimum Gasteiger partial charge on any atom is -0.462 e. The molecule has 22 heavy (non-hydrogen) atoms. The van der Waals surface area contributed by atoms with Gasteiger partial charge in [0.25, 0.3) is 0 Å². The number of rotatable bonds is 4. The van der Waals surface area contributed by atoms with Crippen LogP contribution in [0.25, 0.3) is 5.65 Å². The smallest absolute Gasteiger partial charge is 0.341 e. The normalized spacial score (nSPS) is 16.2. The highest BCUT2D eigenvalue weighted by atomic mass is 16.5. The fourth-order valence-electron chi connectivity index (χ4n) is 2.63. The van der Waals surface area contributed by atoms with Crippen molar-refractivity contribution in [2.75, 3.05) is 44.2 Å². The van der Waals surface area contributed by atoms with Crippen molar-refractivity contribution in [1.29, 1.82) is 0 Å². The van der Waals surface area contributed by atoms with Crippen molar-refractivity contribution in [3.8, 4) is 0 Å². The predicted octanol–water partition coefficient (Wildman–Crippen LogP) is 1.05. The molecule has 0 bridgehead atoms. The summed E-state index contributed by atoms with van der Waals surface area (Å²) in [6, 6.07) is 1.95. The zero-order valence-electron chi connectivity index (χ0n) is 13.0. The molecule has 0 amide bonds. The molecule has 3 heterocycles. The number of ether oxygens (including phenoxy) is 1. The number of likely N-dealkylation sites (N-methyl/N-ethyl adjacent to an activating group) is 1. The van der Waals surface area contributed by atoms with Crippen LogP contribution < -0.4 is 4.90 Å². The Hall–Kier alpha value is -2.15. The van der Waals surface area contributed by atoms with Crippen LogP contribution in [0.3, 0.4) is 0 Å². The van der Waals surface area contributed by atoms with Crippen molar-refractivity contribution < 1.29 is 9.53 Å². The second kappa shape index (κ2) is 6.31. The van der Waals surface area contributed by atoms with Gasteiger partial charge in [0.1, 0.15) is 0 Å². The molecule has 1 saturated heterocycles. The lowest BCUT2D eigenvalue weighted by molar-refractivity contribution is 0.0525. The molecule has 0 N–H and O–H groups in total. The molecule has 0 spiro atoms. The zero-order chi connectivity index (χ0) is 15.5. The maximum Gasteiger partial charge on any atom is 0.341 e. The van der Waals surface area contributed by atoms with Crippen LogP contribution in [-0.4, -0.2) is 64.8 Å². The number of aromatic nitrogens is 3. The van der Waals surface area contributed by atoms with Gasteiger partial charge in [-0.05, 0) is 13.5 Å². The van der Waals surface area contributed by atoms with Gasteiger partial charge in [0, 0.05) is 44.6 Å². The summed E-state index contributed by atoms with van der Waals surface area (Å²) in [7, 11) is 0. The number of hydrogen-bond donors (Lipinski definition) is 0. The molecule has 0 atom stereocenters. The van der Waals surface area contributed by atoms with E-state index in [0.29, 0.717) is 12.2 Å². The van der Waals surface area contributed by atoms with Gasteiger partial charge < -0.3 is 14.5 Å². The topological polar surface area (TPSA) is 63.0 Å². The van der Waals surface area contributed by atoms with Crippen LogP contribution >= 0.6 is 0 Å². The standard InChI is InChI=1S/C15H21N5O2/c1-3-18-5-7-19(8-6-18)14-9-13-16-10-12(11-20(13)17-14)15(21)22-4-2/h9-11H,3-8H2,1-2H3. The lowest BCUT2D eigenvalue weighted by Gasteiger charge is -2.33. The van der Waals surface area contributed by atoms with Crippen LogP contribution in [0, 0.1) is 0 Å². The molecule has 1 aliphatic heterocycles. The van der Waals surface area contributed by atoms with E-state index in [1.807, 2.05) is 6.07 Å². The third-order valence-electron chi connectivity index (χ3n) is 3.96. The molecule has 7 nitrogen and oxygen atoms in total. The fourth-order valence-corrected chi connectivity index (χ4v) is 2.63. The molecular formula is C15H21N5O2. The first-order valence-electron chi connectivity index (χ1n) is 7.71. The van der Waals surface area contributed by atoms with Crippen LogP contribution in [0.5, 0.6) is 0 Å². The fraction of sp³-hybridized carbons (Fsp3) is 0.533. The zero-order valence-corrected chi connectivity index (χ0v) is 13.0. The van der Waals surface area contributed by atoms with Gasteiger partial charge in [-0.3, -0.25) is 0 Å². The molecule has 0 aromatic carbocycles. The SMILES string of the molecule is CCOC(=O)c1cnc2cc(N3CCN(CC)CC3)nn2c1. The summed E-state index contributed by atoms with van der Waals surface area (Å²) < 4.78 is 6.63. The summed E-state index contributed by atoms with van der Waals surface area (Å²) in [4.78, 5) is 20.7. The molecule has 2 aromatic rings. The van der Waals surface area contributed by atoms with Crippen LogP contribution in [0.15, 0.2) is 18.5 Å². The molecule has 2 aromatic heterocycles. The van der Waals surface area contributed by atoms with Crippen LogP contribution in [0.1, 0.15) is 24.2 Å². The van der Waals surface area contributed by atoms with Gasteiger partial charge >= 0.3 is 5.97 Å². The maximum atomic E-state index is 11.7. The first kappa shape index (κ1) is 14.8. The summed E-state index contributed by atoms with van der Waals surface area (Å²) in [5, 5.41) is 4.54. The summed E-state index contributed by atoms with van der Waals surface area (Å²) >= 11 is 0. The molecule has 0 unspecified atom stereocenters. The molecule has 118 valence electrons. The van der Waals surface area contributed by atoms with Gasteiger partial charge in [-0.15, -0.1) is 5.10 Å². The molecular weight excluding hydrogens is 282 g/mol. The Morgan fingerprint density at radius 3 is 2.73 bits per heavy atom.